The summed E-state index contributed by atoms with van der Waals surface area (Å²) in [6.07, 6.45) is 1.65. The van der Waals surface area contributed by atoms with Gasteiger partial charge in [-0.2, -0.15) is 0 Å². The molecule has 0 saturated heterocycles. The van der Waals surface area contributed by atoms with Gasteiger partial charge in [-0.05, 0) is 30.7 Å². The molecule has 108 valence electrons. The molecule has 1 N–H and O–H groups in total. The number of benzene rings is 1. The van der Waals surface area contributed by atoms with Gasteiger partial charge in [0.2, 0.25) is 0 Å². The molecule has 0 saturated carbocycles. The third-order valence-corrected chi connectivity index (χ3v) is 2.60. The minimum absolute atomic E-state index is 0.0318. The van der Waals surface area contributed by atoms with Crippen LogP contribution in [0.3, 0.4) is 0 Å². The van der Waals surface area contributed by atoms with Gasteiger partial charge in [0.15, 0.2) is 6.61 Å². The number of aryl methyl sites for hydroxylation is 1. The fourth-order valence-corrected chi connectivity index (χ4v) is 1.53. The summed E-state index contributed by atoms with van der Waals surface area (Å²) in [5, 5.41) is 13.1. The summed E-state index contributed by atoms with van der Waals surface area (Å²) < 4.78 is 5.24. The number of amides is 1. The normalized spacial score (nSPS) is 9.95. The van der Waals surface area contributed by atoms with Crippen molar-refractivity contribution in [3.63, 3.8) is 0 Å². The summed E-state index contributed by atoms with van der Waals surface area (Å²) >= 11 is 0. The number of nitrogens with zero attached hydrogens (tertiary/aromatic N) is 2. The van der Waals surface area contributed by atoms with Crippen molar-refractivity contribution in [3.8, 4) is 5.75 Å². The molecule has 21 heavy (non-hydrogen) atoms. The second-order valence-corrected chi connectivity index (χ2v) is 4.31. The van der Waals surface area contributed by atoms with E-state index in [1.54, 1.807) is 12.3 Å². The molecular weight excluding hydrogens is 274 g/mol. The van der Waals surface area contributed by atoms with Crippen molar-refractivity contribution in [3.05, 3.63) is 58.3 Å². The van der Waals surface area contributed by atoms with E-state index in [9.17, 15) is 14.9 Å². The topological polar surface area (TPSA) is 94.4 Å². The molecule has 0 atom stereocenters. The number of aromatic nitrogens is 1. The molecule has 0 bridgehead atoms. The molecule has 0 aliphatic carbocycles. The number of pyridine rings is 1. The second kappa shape index (κ2) is 6.47. The Kier molecular flexibility index (Phi) is 4.45. The van der Waals surface area contributed by atoms with Crippen molar-refractivity contribution in [1.82, 2.24) is 4.98 Å². The molecule has 1 amide bonds. The van der Waals surface area contributed by atoms with E-state index in [1.807, 2.05) is 13.0 Å². The van der Waals surface area contributed by atoms with Crippen LogP contribution in [0.2, 0.25) is 0 Å². The largest absolute Gasteiger partial charge is 0.484 e. The molecule has 0 spiro atoms. The number of anilines is 1. The van der Waals surface area contributed by atoms with Crippen LogP contribution in [0.25, 0.3) is 0 Å². The lowest BCUT2D eigenvalue weighted by atomic mass is 10.3. The second-order valence-electron chi connectivity index (χ2n) is 4.31. The number of hydrogen-bond donors (Lipinski definition) is 1. The SMILES string of the molecule is Cc1ccc(NC(=O)COc2ccc([N+](=O)[O-])cc2)nc1. The summed E-state index contributed by atoms with van der Waals surface area (Å²) in [5.74, 6) is 0.468. The van der Waals surface area contributed by atoms with E-state index in [0.717, 1.165) is 5.56 Å². The number of hydrogen-bond acceptors (Lipinski definition) is 5. The molecule has 7 nitrogen and oxygen atoms in total. The standard InChI is InChI=1S/C14H13N3O4/c1-10-2-7-13(15-8-10)16-14(18)9-21-12-5-3-11(4-6-12)17(19)20/h2-8H,9H2,1H3,(H,15,16,18). The van der Waals surface area contributed by atoms with Gasteiger partial charge in [0.1, 0.15) is 11.6 Å². The fourth-order valence-electron chi connectivity index (χ4n) is 1.53. The van der Waals surface area contributed by atoms with Crippen LogP contribution in [0.5, 0.6) is 5.75 Å². The Labute approximate surface area is 120 Å². The van der Waals surface area contributed by atoms with Crippen LogP contribution >= 0.6 is 0 Å². The van der Waals surface area contributed by atoms with E-state index >= 15 is 0 Å². The Morgan fingerprint density at radius 1 is 1.29 bits per heavy atom. The number of rotatable bonds is 5. The molecule has 0 radical (unpaired) electrons. The van der Waals surface area contributed by atoms with Gasteiger partial charge in [0.25, 0.3) is 11.6 Å². The van der Waals surface area contributed by atoms with Gasteiger partial charge in [-0.25, -0.2) is 4.98 Å². The van der Waals surface area contributed by atoms with Crippen LogP contribution in [-0.4, -0.2) is 22.4 Å². The molecule has 0 aliphatic heterocycles. The molecule has 0 fully saturated rings. The van der Waals surface area contributed by atoms with Crippen molar-refractivity contribution in [2.75, 3.05) is 11.9 Å². The molecular formula is C14H13N3O4. The zero-order chi connectivity index (χ0) is 15.2. The van der Waals surface area contributed by atoms with E-state index < -0.39 is 4.92 Å². The van der Waals surface area contributed by atoms with Gasteiger partial charge in [-0.1, -0.05) is 6.07 Å². The Hall–Kier alpha value is -2.96. The lowest BCUT2D eigenvalue weighted by Crippen LogP contribution is -2.20. The van der Waals surface area contributed by atoms with Gasteiger partial charge >= 0.3 is 0 Å². The molecule has 0 unspecified atom stereocenters. The molecule has 1 aromatic heterocycles. The highest BCUT2D eigenvalue weighted by Gasteiger charge is 2.07. The summed E-state index contributed by atoms with van der Waals surface area (Å²) in [6, 6.07) is 9.04. The van der Waals surface area contributed by atoms with Crippen LogP contribution < -0.4 is 10.1 Å². The third-order valence-electron chi connectivity index (χ3n) is 2.60. The highest BCUT2D eigenvalue weighted by Crippen LogP contribution is 2.17. The molecule has 0 aliphatic rings. The van der Waals surface area contributed by atoms with Gasteiger partial charge in [-0.15, -0.1) is 0 Å². The van der Waals surface area contributed by atoms with Crippen molar-refractivity contribution in [1.29, 1.82) is 0 Å². The summed E-state index contributed by atoms with van der Waals surface area (Å²) in [7, 11) is 0. The maximum atomic E-state index is 11.7. The van der Waals surface area contributed by atoms with Gasteiger partial charge in [-0.3, -0.25) is 14.9 Å². The number of non-ortho nitro benzene ring substituents is 1. The van der Waals surface area contributed by atoms with Crippen LogP contribution in [0.4, 0.5) is 11.5 Å². The predicted molar refractivity (Wildman–Crippen MR) is 76.2 cm³/mol. The van der Waals surface area contributed by atoms with E-state index in [1.165, 1.54) is 24.3 Å². The first-order valence-corrected chi connectivity index (χ1v) is 6.14. The number of carbonyl (C=O) groups excluding carboxylic acids is 1. The minimum Gasteiger partial charge on any atom is -0.484 e. The summed E-state index contributed by atoms with van der Waals surface area (Å²) in [4.78, 5) is 25.7. The lowest BCUT2D eigenvalue weighted by molar-refractivity contribution is -0.384. The molecule has 7 heteroatoms. The van der Waals surface area contributed by atoms with Crippen LogP contribution in [-0.2, 0) is 4.79 Å². The number of nitrogens with one attached hydrogen (secondary N) is 1. The molecule has 1 heterocycles. The van der Waals surface area contributed by atoms with Crippen molar-refractivity contribution in [2.24, 2.45) is 0 Å². The Bertz CT molecular complexity index is 638. The van der Waals surface area contributed by atoms with E-state index in [0.29, 0.717) is 11.6 Å². The quantitative estimate of drug-likeness (QED) is 0.672. The first-order valence-electron chi connectivity index (χ1n) is 6.14. The zero-order valence-electron chi connectivity index (χ0n) is 11.3. The highest BCUT2D eigenvalue weighted by molar-refractivity contribution is 5.90. The van der Waals surface area contributed by atoms with Crippen molar-refractivity contribution < 1.29 is 14.5 Å². The van der Waals surface area contributed by atoms with Crippen LogP contribution in [0.1, 0.15) is 5.56 Å². The van der Waals surface area contributed by atoms with Gasteiger partial charge < -0.3 is 10.1 Å². The van der Waals surface area contributed by atoms with Crippen LogP contribution in [0, 0.1) is 17.0 Å². The Morgan fingerprint density at radius 3 is 2.57 bits per heavy atom. The van der Waals surface area contributed by atoms with E-state index in [2.05, 4.69) is 10.3 Å². The van der Waals surface area contributed by atoms with Crippen molar-refractivity contribution in [2.45, 2.75) is 6.92 Å². The van der Waals surface area contributed by atoms with Gasteiger partial charge in [0.05, 0.1) is 4.92 Å². The van der Waals surface area contributed by atoms with Crippen molar-refractivity contribution >= 4 is 17.4 Å². The average molecular weight is 287 g/mol. The summed E-state index contributed by atoms with van der Waals surface area (Å²) in [5.41, 5.74) is 0.964. The smallest absolute Gasteiger partial charge is 0.269 e. The predicted octanol–water partition coefficient (Wildman–Crippen LogP) is 2.32. The number of nitro groups is 1. The minimum atomic E-state index is -0.500. The number of nitro benzene ring substituents is 1. The monoisotopic (exact) mass is 287 g/mol. The first kappa shape index (κ1) is 14.4. The van der Waals surface area contributed by atoms with Crippen LogP contribution in [0.15, 0.2) is 42.6 Å². The zero-order valence-corrected chi connectivity index (χ0v) is 11.3. The summed E-state index contributed by atoms with van der Waals surface area (Å²) in [6.45, 7) is 1.70. The highest BCUT2D eigenvalue weighted by atomic mass is 16.6. The maximum Gasteiger partial charge on any atom is 0.269 e. The van der Waals surface area contributed by atoms with Gasteiger partial charge in [0, 0.05) is 18.3 Å². The van der Waals surface area contributed by atoms with E-state index in [-0.39, 0.29) is 18.2 Å². The maximum absolute atomic E-state index is 11.7. The Morgan fingerprint density at radius 2 is 2.00 bits per heavy atom. The van der Waals surface area contributed by atoms with E-state index in [4.69, 9.17) is 4.74 Å². The number of ether oxygens (including phenoxy) is 1. The lowest BCUT2D eigenvalue weighted by Gasteiger charge is -2.07. The Balaban J connectivity index is 1.86. The molecule has 2 rings (SSSR count). The average Bonchev–Trinajstić information content (AvgIpc) is 2.48. The molecule has 1 aromatic carbocycles. The molecule has 2 aromatic rings. The fraction of sp³-hybridized carbons (Fsp3) is 0.143. The number of carbonyl (C=O) groups is 1. The third kappa shape index (κ3) is 4.27. The first-order chi connectivity index (χ1) is 10.0.